The highest BCUT2D eigenvalue weighted by Crippen LogP contribution is 2.14. The number of carbonyl (C=O) groups excluding carboxylic acids is 1. The summed E-state index contributed by atoms with van der Waals surface area (Å²) in [5.74, 6) is -0.231. The summed E-state index contributed by atoms with van der Waals surface area (Å²) < 4.78 is 1.93. The number of nitrogens with one attached hydrogen (secondary N) is 1. The standard InChI is InChI=1S/C19H24N4O2/c24-13-9-20-19(25)18-14-17-15-22(11-5-12-23(17)21-18)10-4-8-16-6-2-1-3-7-16/h1-4,6-8,14,24H,5,9-13,15H2,(H,20,25)/b8-4+. The van der Waals surface area contributed by atoms with Crippen molar-refractivity contribution in [1.82, 2.24) is 20.0 Å². The van der Waals surface area contributed by atoms with Gasteiger partial charge in [-0.2, -0.15) is 5.10 Å². The first-order chi connectivity index (χ1) is 12.3. The lowest BCUT2D eigenvalue weighted by Gasteiger charge is -2.16. The van der Waals surface area contributed by atoms with Crippen LogP contribution in [0.2, 0.25) is 0 Å². The van der Waals surface area contributed by atoms with Gasteiger partial charge in [-0.05, 0) is 18.1 Å². The average Bonchev–Trinajstić information content (AvgIpc) is 2.94. The second-order valence-corrected chi connectivity index (χ2v) is 6.13. The Balaban J connectivity index is 1.61. The molecule has 0 saturated carbocycles. The van der Waals surface area contributed by atoms with Gasteiger partial charge in [-0.25, -0.2) is 0 Å². The molecule has 1 aliphatic rings. The van der Waals surface area contributed by atoms with E-state index in [0.29, 0.717) is 5.69 Å². The van der Waals surface area contributed by atoms with E-state index in [2.05, 4.69) is 39.6 Å². The molecule has 2 heterocycles. The smallest absolute Gasteiger partial charge is 0.271 e. The summed E-state index contributed by atoms with van der Waals surface area (Å²) >= 11 is 0. The Morgan fingerprint density at radius 3 is 2.92 bits per heavy atom. The Hall–Kier alpha value is -2.44. The van der Waals surface area contributed by atoms with Crippen LogP contribution in [0.15, 0.2) is 42.5 Å². The van der Waals surface area contributed by atoms with E-state index in [4.69, 9.17) is 5.11 Å². The average molecular weight is 340 g/mol. The third-order valence-electron chi connectivity index (χ3n) is 4.20. The van der Waals surface area contributed by atoms with Crippen molar-refractivity contribution in [2.24, 2.45) is 0 Å². The number of hydrogen-bond donors (Lipinski definition) is 2. The molecule has 1 aromatic carbocycles. The van der Waals surface area contributed by atoms with E-state index in [-0.39, 0.29) is 19.1 Å². The van der Waals surface area contributed by atoms with Gasteiger partial charge in [0, 0.05) is 32.7 Å². The Bertz CT molecular complexity index is 724. The van der Waals surface area contributed by atoms with Gasteiger partial charge in [-0.15, -0.1) is 0 Å². The van der Waals surface area contributed by atoms with Crippen LogP contribution in [0.1, 0.15) is 28.2 Å². The zero-order valence-electron chi connectivity index (χ0n) is 14.3. The summed E-state index contributed by atoms with van der Waals surface area (Å²) in [5, 5.41) is 15.9. The number of hydrogen-bond acceptors (Lipinski definition) is 4. The highest BCUT2D eigenvalue weighted by atomic mass is 16.3. The second-order valence-electron chi connectivity index (χ2n) is 6.13. The largest absolute Gasteiger partial charge is 0.395 e. The molecule has 1 aromatic heterocycles. The topological polar surface area (TPSA) is 70.4 Å². The molecule has 2 aromatic rings. The summed E-state index contributed by atoms with van der Waals surface area (Å²) in [5.41, 5.74) is 2.68. The van der Waals surface area contributed by atoms with Gasteiger partial charge in [0.25, 0.3) is 5.91 Å². The predicted molar refractivity (Wildman–Crippen MR) is 97.0 cm³/mol. The number of fused-ring (bicyclic) bond motifs is 1. The van der Waals surface area contributed by atoms with Gasteiger partial charge < -0.3 is 10.4 Å². The summed E-state index contributed by atoms with van der Waals surface area (Å²) in [7, 11) is 0. The van der Waals surface area contributed by atoms with Crippen molar-refractivity contribution in [2.75, 3.05) is 26.2 Å². The first-order valence-electron chi connectivity index (χ1n) is 8.66. The molecule has 0 atom stereocenters. The summed E-state index contributed by atoms with van der Waals surface area (Å²) in [4.78, 5) is 14.4. The molecule has 2 N–H and O–H groups in total. The predicted octanol–water partition coefficient (Wildman–Crippen LogP) is 1.52. The van der Waals surface area contributed by atoms with E-state index in [1.807, 2.05) is 28.9 Å². The number of amides is 1. The van der Waals surface area contributed by atoms with E-state index in [9.17, 15) is 4.79 Å². The van der Waals surface area contributed by atoms with Crippen LogP contribution in [-0.2, 0) is 13.1 Å². The third kappa shape index (κ3) is 4.78. The van der Waals surface area contributed by atoms with E-state index < -0.39 is 0 Å². The minimum absolute atomic E-state index is 0.0686. The highest BCUT2D eigenvalue weighted by Gasteiger charge is 2.18. The van der Waals surface area contributed by atoms with E-state index in [1.165, 1.54) is 5.56 Å². The maximum atomic E-state index is 12.0. The van der Waals surface area contributed by atoms with E-state index in [1.54, 1.807) is 0 Å². The summed E-state index contributed by atoms with van der Waals surface area (Å²) in [6, 6.07) is 12.1. The minimum atomic E-state index is -0.231. The molecule has 6 nitrogen and oxygen atoms in total. The molecule has 1 aliphatic heterocycles. The number of aliphatic hydroxyl groups is 1. The first kappa shape index (κ1) is 17.4. The Kier molecular flexibility index (Phi) is 5.98. The van der Waals surface area contributed by atoms with Crippen molar-refractivity contribution in [3.63, 3.8) is 0 Å². The summed E-state index contributed by atoms with van der Waals surface area (Å²) in [6.07, 6.45) is 5.32. The molecule has 0 bridgehead atoms. The molecule has 0 spiro atoms. The van der Waals surface area contributed by atoms with Crippen LogP contribution in [0.4, 0.5) is 0 Å². The van der Waals surface area contributed by atoms with Gasteiger partial charge in [-0.1, -0.05) is 42.5 Å². The maximum absolute atomic E-state index is 12.0. The highest BCUT2D eigenvalue weighted by molar-refractivity contribution is 5.92. The SMILES string of the molecule is O=C(NCCO)c1cc2n(n1)CCCN(C/C=C/c1ccccc1)C2. The van der Waals surface area contributed by atoms with Gasteiger partial charge in [0.05, 0.1) is 12.3 Å². The quantitative estimate of drug-likeness (QED) is 0.837. The lowest BCUT2D eigenvalue weighted by molar-refractivity contribution is 0.0939. The number of nitrogens with zero attached hydrogens (tertiary/aromatic N) is 3. The van der Waals surface area contributed by atoms with Gasteiger partial charge >= 0.3 is 0 Å². The zero-order chi connectivity index (χ0) is 17.5. The number of benzene rings is 1. The first-order valence-corrected chi connectivity index (χ1v) is 8.66. The second kappa shape index (κ2) is 8.60. The van der Waals surface area contributed by atoms with Crippen LogP contribution >= 0.6 is 0 Å². The van der Waals surface area contributed by atoms with Gasteiger partial charge in [0.15, 0.2) is 0 Å². The van der Waals surface area contributed by atoms with E-state index in [0.717, 1.165) is 38.3 Å². The molecule has 3 rings (SSSR count). The van der Waals surface area contributed by atoms with Gasteiger partial charge in [0.1, 0.15) is 5.69 Å². The van der Waals surface area contributed by atoms with Crippen LogP contribution in [0.3, 0.4) is 0 Å². The molecular weight excluding hydrogens is 316 g/mol. The molecule has 0 saturated heterocycles. The number of carbonyl (C=O) groups is 1. The molecule has 0 unspecified atom stereocenters. The van der Waals surface area contributed by atoms with Crippen LogP contribution < -0.4 is 5.32 Å². The van der Waals surface area contributed by atoms with Gasteiger partial charge in [0.2, 0.25) is 0 Å². The molecule has 6 heteroatoms. The van der Waals surface area contributed by atoms with Crippen LogP contribution in [0.5, 0.6) is 0 Å². The molecule has 132 valence electrons. The molecule has 0 fully saturated rings. The van der Waals surface area contributed by atoms with Crippen molar-refractivity contribution < 1.29 is 9.90 Å². The lowest BCUT2D eigenvalue weighted by atomic mass is 10.2. The Morgan fingerprint density at radius 2 is 2.12 bits per heavy atom. The molecule has 0 aliphatic carbocycles. The number of aliphatic hydroxyl groups excluding tert-OH is 1. The van der Waals surface area contributed by atoms with Crippen molar-refractivity contribution in [2.45, 2.75) is 19.5 Å². The molecular formula is C19H24N4O2. The normalized spacial score (nSPS) is 15.1. The fourth-order valence-corrected chi connectivity index (χ4v) is 2.96. The molecule has 0 radical (unpaired) electrons. The Labute approximate surface area is 147 Å². The zero-order valence-corrected chi connectivity index (χ0v) is 14.3. The van der Waals surface area contributed by atoms with Crippen LogP contribution in [0.25, 0.3) is 6.08 Å². The number of rotatable bonds is 6. The Morgan fingerprint density at radius 1 is 1.28 bits per heavy atom. The molecule has 25 heavy (non-hydrogen) atoms. The van der Waals surface area contributed by atoms with Crippen LogP contribution in [0, 0.1) is 0 Å². The van der Waals surface area contributed by atoms with Gasteiger partial charge in [-0.3, -0.25) is 14.4 Å². The fraction of sp³-hybridized carbons (Fsp3) is 0.368. The minimum Gasteiger partial charge on any atom is -0.395 e. The van der Waals surface area contributed by atoms with Crippen LogP contribution in [-0.4, -0.2) is 51.9 Å². The monoisotopic (exact) mass is 340 g/mol. The third-order valence-corrected chi connectivity index (χ3v) is 4.20. The van der Waals surface area contributed by atoms with Crippen molar-refractivity contribution >= 4 is 12.0 Å². The van der Waals surface area contributed by atoms with Crippen molar-refractivity contribution in [1.29, 1.82) is 0 Å². The number of aryl methyl sites for hydroxylation is 1. The molecule has 1 amide bonds. The maximum Gasteiger partial charge on any atom is 0.271 e. The van der Waals surface area contributed by atoms with Crippen molar-refractivity contribution in [3.05, 3.63) is 59.4 Å². The van der Waals surface area contributed by atoms with E-state index >= 15 is 0 Å². The van der Waals surface area contributed by atoms with Crippen molar-refractivity contribution in [3.8, 4) is 0 Å². The number of aromatic nitrogens is 2. The fourth-order valence-electron chi connectivity index (χ4n) is 2.96. The summed E-state index contributed by atoms with van der Waals surface area (Å²) in [6.45, 7) is 3.65. The lowest BCUT2D eigenvalue weighted by Crippen LogP contribution is -2.27.